The summed E-state index contributed by atoms with van der Waals surface area (Å²) in [5, 5.41) is 0. The van der Waals surface area contributed by atoms with Crippen molar-refractivity contribution in [2.75, 3.05) is 32.0 Å². The molecular weight excluding hydrogens is 454 g/mol. The maximum atomic E-state index is 13.1. The van der Waals surface area contributed by atoms with E-state index < -0.39 is 5.97 Å². The van der Waals surface area contributed by atoms with E-state index in [1.54, 1.807) is 42.5 Å². The van der Waals surface area contributed by atoms with Gasteiger partial charge in [0.2, 0.25) is 6.79 Å². The summed E-state index contributed by atoms with van der Waals surface area (Å²) >= 11 is 6.65. The van der Waals surface area contributed by atoms with Gasteiger partial charge in [0.05, 0.1) is 24.3 Å². The van der Waals surface area contributed by atoms with Gasteiger partial charge in [0.15, 0.2) is 33.9 Å². The molecule has 2 aromatic carbocycles. The summed E-state index contributed by atoms with van der Waals surface area (Å²) in [4.78, 5) is 26.4. The molecule has 4 rings (SSSR count). The molecule has 0 bridgehead atoms. The number of carbonyl (C=O) groups excluding carboxylic acids is 2. The van der Waals surface area contributed by atoms with Gasteiger partial charge in [-0.1, -0.05) is 30.0 Å². The number of carbonyl (C=O) groups is 2. The molecule has 0 atom stereocenters. The minimum Gasteiger partial charge on any atom is -0.490 e. The molecule has 10 heteroatoms. The molecule has 1 amide bonds. The van der Waals surface area contributed by atoms with Crippen LogP contribution in [0, 0.1) is 0 Å². The van der Waals surface area contributed by atoms with Crippen LogP contribution in [0.3, 0.4) is 0 Å². The van der Waals surface area contributed by atoms with E-state index >= 15 is 0 Å². The Hall–Kier alpha value is -3.24. The lowest BCUT2D eigenvalue weighted by Gasteiger charge is -2.14. The van der Waals surface area contributed by atoms with Crippen molar-refractivity contribution in [1.29, 1.82) is 0 Å². The minimum atomic E-state index is -0.497. The van der Waals surface area contributed by atoms with Crippen LogP contribution in [0.5, 0.6) is 23.0 Å². The molecular formula is C22H19NO7S2. The summed E-state index contributed by atoms with van der Waals surface area (Å²) in [5.74, 6) is 1.34. The number of ether oxygens (including phenoxy) is 5. The Morgan fingerprint density at radius 1 is 1.16 bits per heavy atom. The van der Waals surface area contributed by atoms with Crippen LogP contribution in [-0.4, -0.2) is 43.3 Å². The number of rotatable bonds is 7. The maximum Gasteiger partial charge on any atom is 0.343 e. The second-order valence-electron chi connectivity index (χ2n) is 6.56. The smallest absolute Gasteiger partial charge is 0.343 e. The van der Waals surface area contributed by atoms with Gasteiger partial charge in [-0.2, -0.15) is 0 Å². The zero-order valence-corrected chi connectivity index (χ0v) is 18.9. The molecule has 0 unspecified atom stereocenters. The second-order valence-corrected chi connectivity index (χ2v) is 8.23. The first-order valence-electron chi connectivity index (χ1n) is 9.64. The van der Waals surface area contributed by atoms with Gasteiger partial charge in [-0.15, -0.1) is 0 Å². The molecule has 2 aliphatic heterocycles. The van der Waals surface area contributed by atoms with Crippen molar-refractivity contribution in [2.24, 2.45) is 0 Å². The third-order valence-corrected chi connectivity index (χ3v) is 5.85. The van der Waals surface area contributed by atoms with Crippen LogP contribution in [-0.2, 0) is 14.3 Å². The van der Waals surface area contributed by atoms with E-state index in [0.29, 0.717) is 44.5 Å². The van der Waals surface area contributed by atoms with E-state index in [0.717, 1.165) is 5.56 Å². The van der Waals surface area contributed by atoms with E-state index in [1.807, 2.05) is 6.92 Å². The van der Waals surface area contributed by atoms with Crippen LogP contribution in [0.4, 0.5) is 5.69 Å². The molecule has 32 heavy (non-hydrogen) atoms. The largest absolute Gasteiger partial charge is 0.490 e. The highest BCUT2D eigenvalue weighted by Crippen LogP contribution is 2.41. The monoisotopic (exact) mass is 473 g/mol. The molecule has 0 aliphatic carbocycles. The van der Waals surface area contributed by atoms with Crippen LogP contribution in [0.15, 0.2) is 41.3 Å². The lowest BCUT2D eigenvalue weighted by molar-refractivity contribution is -0.142. The molecule has 0 N–H and O–H groups in total. The fourth-order valence-corrected chi connectivity index (χ4v) is 4.36. The van der Waals surface area contributed by atoms with Gasteiger partial charge in [0.25, 0.3) is 5.91 Å². The Kier molecular flexibility index (Phi) is 6.52. The Bertz CT molecular complexity index is 1120. The van der Waals surface area contributed by atoms with Crippen molar-refractivity contribution < 1.29 is 33.3 Å². The van der Waals surface area contributed by atoms with Crippen LogP contribution in [0.25, 0.3) is 6.08 Å². The fraction of sp³-hybridized carbons (Fsp3) is 0.227. The summed E-state index contributed by atoms with van der Waals surface area (Å²) in [6, 6.07) is 10.4. The van der Waals surface area contributed by atoms with Gasteiger partial charge < -0.3 is 23.7 Å². The van der Waals surface area contributed by atoms with Gasteiger partial charge in [-0.05, 0) is 42.8 Å². The lowest BCUT2D eigenvalue weighted by Crippen LogP contribution is -2.27. The number of esters is 1. The van der Waals surface area contributed by atoms with Gasteiger partial charge in [-0.25, -0.2) is 4.79 Å². The second kappa shape index (κ2) is 9.49. The summed E-state index contributed by atoms with van der Waals surface area (Å²) in [5.41, 5.74) is 1.34. The molecule has 2 heterocycles. The maximum absolute atomic E-state index is 13.1. The third kappa shape index (κ3) is 4.51. The number of methoxy groups -OCH3 is 1. The van der Waals surface area contributed by atoms with Gasteiger partial charge in [0, 0.05) is 6.07 Å². The molecule has 2 aromatic rings. The van der Waals surface area contributed by atoms with Gasteiger partial charge in [0.1, 0.15) is 0 Å². The molecule has 0 radical (unpaired) electrons. The first-order valence-corrected chi connectivity index (χ1v) is 10.9. The van der Waals surface area contributed by atoms with Crippen molar-refractivity contribution in [3.05, 3.63) is 46.9 Å². The zero-order valence-electron chi connectivity index (χ0n) is 17.3. The van der Waals surface area contributed by atoms with E-state index in [1.165, 1.54) is 23.8 Å². The predicted octanol–water partition coefficient (Wildman–Crippen LogP) is 3.77. The van der Waals surface area contributed by atoms with Gasteiger partial charge >= 0.3 is 5.97 Å². The molecule has 0 spiro atoms. The van der Waals surface area contributed by atoms with Crippen LogP contribution < -0.4 is 23.8 Å². The Morgan fingerprint density at radius 2 is 1.97 bits per heavy atom. The number of hydrogen-bond donors (Lipinski definition) is 0. The topological polar surface area (TPSA) is 83.5 Å². The van der Waals surface area contributed by atoms with Crippen molar-refractivity contribution in [1.82, 2.24) is 0 Å². The van der Waals surface area contributed by atoms with Crippen LogP contribution >= 0.6 is 24.0 Å². The quantitative estimate of drug-likeness (QED) is 0.339. The number of fused-ring (bicyclic) bond motifs is 1. The highest BCUT2D eigenvalue weighted by Gasteiger charge is 2.34. The average Bonchev–Trinajstić information content (AvgIpc) is 3.36. The first kappa shape index (κ1) is 22.0. The number of thioether (sulfide) groups is 1. The normalized spacial score (nSPS) is 15.9. The molecule has 2 aliphatic rings. The minimum absolute atomic E-state index is 0.151. The molecule has 8 nitrogen and oxygen atoms in total. The van der Waals surface area contributed by atoms with Crippen molar-refractivity contribution >= 4 is 51.9 Å². The van der Waals surface area contributed by atoms with Crippen LogP contribution in [0.1, 0.15) is 12.5 Å². The Balaban J connectivity index is 1.57. The Morgan fingerprint density at radius 3 is 2.75 bits per heavy atom. The predicted molar refractivity (Wildman–Crippen MR) is 123 cm³/mol. The number of thiocarbonyl (C=S) groups is 1. The summed E-state index contributed by atoms with van der Waals surface area (Å²) in [7, 11) is 1.29. The molecule has 0 aromatic heterocycles. The summed E-state index contributed by atoms with van der Waals surface area (Å²) in [6.45, 7) is 2.17. The van der Waals surface area contributed by atoms with Crippen molar-refractivity contribution in [3.63, 3.8) is 0 Å². The van der Waals surface area contributed by atoms with Crippen LogP contribution in [0.2, 0.25) is 0 Å². The van der Waals surface area contributed by atoms with Crippen molar-refractivity contribution in [3.8, 4) is 23.0 Å². The standard InChI is InChI=1S/C22H19NO7S2/c1-3-27-17-8-13(4-6-15(17)28-11-20(24)26-2)9-19-21(25)23(22(31)32-19)14-5-7-16-18(10-14)30-12-29-16/h4-10H,3,11-12H2,1-2H3/b19-9+. The number of amides is 1. The summed E-state index contributed by atoms with van der Waals surface area (Å²) in [6.07, 6.45) is 1.74. The lowest BCUT2D eigenvalue weighted by atomic mass is 10.1. The average molecular weight is 474 g/mol. The van der Waals surface area contributed by atoms with Gasteiger partial charge in [-0.3, -0.25) is 9.69 Å². The number of anilines is 1. The zero-order chi connectivity index (χ0) is 22.7. The van der Waals surface area contributed by atoms with E-state index in [-0.39, 0.29) is 19.3 Å². The molecule has 1 fully saturated rings. The number of nitrogens with zero attached hydrogens (tertiary/aromatic N) is 1. The van der Waals surface area contributed by atoms with E-state index in [9.17, 15) is 9.59 Å². The fourth-order valence-electron chi connectivity index (χ4n) is 3.06. The third-order valence-electron chi connectivity index (χ3n) is 4.55. The SMILES string of the molecule is CCOc1cc(/C=C2/SC(=S)N(c3ccc4c(c3)OCO4)C2=O)ccc1OCC(=O)OC. The Labute approximate surface area is 194 Å². The number of benzene rings is 2. The molecule has 1 saturated heterocycles. The number of hydrogen-bond acceptors (Lipinski definition) is 9. The first-order chi connectivity index (χ1) is 15.5. The highest BCUT2D eigenvalue weighted by molar-refractivity contribution is 8.27. The van der Waals surface area contributed by atoms with E-state index in [4.69, 9.17) is 31.2 Å². The highest BCUT2D eigenvalue weighted by atomic mass is 32.2. The van der Waals surface area contributed by atoms with Crippen molar-refractivity contribution in [2.45, 2.75) is 6.92 Å². The van der Waals surface area contributed by atoms with E-state index in [2.05, 4.69) is 4.74 Å². The summed E-state index contributed by atoms with van der Waals surface area (Å²) < 4.78 is 26.8. The molecule has 0 saturated carbocycles. The molecule has 166 valence electrons.